The molecule has 0 spiro atoms. The van der Waals surface area contributed by atoms with Crippen LogP contribution >= 0.6 is 13.4 Å². The predicted octanol–water partition coefficient (Wildman–Crippen LogP) is 1.53. The maximum atomic E-state index is 16.0. The van der Waals surface area contributed by atoms with Crippen molar-refractivity contribution in [3.05, 3.63) is 47.5 Å². The van der Waals surface area contributed by atoms with E-state index < -0.39 is 68.6 Å². The molecule has 5 N–H and O–H groups in total. The summed E-state index contributed by atoms with van der Waals surface area (Å²) in [5, 5.41) is 0.586. The Labute approximate surface area is 251 Å². The third-order valence-corrected chi connectivity index (χ3v) is 10.5. The molecule has 2 bridgehead atoms. The Bertz CT molecular complexity index is 1860. The van der Waals surface area contributed by atoms with Crippen molar-refractivity contribution < 1.29 is 41.7 Å². The van der Waals surface area contributed by atoms with E-state index in [2.05, 4.69) is 19.9 Å². The minimum Gasteiger partial charge on any atom is -0.398 e. The fourth-order valence-electron chi connectivity index (χ4n) is 5.40. The monoisotopic (exact) mass is 675 g/mol. The van der Waals surface area contributed by atoms with E-state index in [0.717, 1.165) is 0 Å². The Morgan fingerprint density at radius 3 is 2.63 bits per heavy atom. The first kappa shape index (κ1) is 29.5. The predicted molar refractivity (Wildman–Crippen MR) is 154 cm³/mol. The summed E-state index contributed by atoms with van der Waals surface area (Å²) >= 11 is 10.5. The first-order valence-corrected chi connectivity index (χ1v) is 18.1. The van der Waals surface area contributed by atoms with Gasteiger partial charge in [0.1, 0.15) is 24.0 Å². The molecule has 4 aromatic heterocycles. The van der Waals surface area contributed by atoms with Gasteiger partial charge in [-0.2, -0.15) is 0 Å². The zero-order valence-electron chi connectivity index (χ0n) is 21.8. The van der Waals surface area contributed by atoms with Crippen molar-refractivity contribution in [2.24, 2.45) is 0 Å². The second-order valence-electron chi connectivity index (χ2n) is 10.1. The molecule has 0 amide bonds. The lowest BCUT2D eigenvalue weighted by molar-refractivity contribution is -0.0596. The molecule has 0 radical (unpaired) electrons. The number of nitrogens with one attached hydrogen (secondary N) is 1. The van der Waals surface area contributed by atoms with Gasteiger partial charge in [0.2, 0.25) is 0 Å². The summed E-state index contributed by atoms with van der Waals surface area (Å²) in [7, 11) is 0. The van der Waals surface area contributed by atoms with E-state index in [0.29, 0.717) is 16.7 Å². The number of nitrogens with two attached hydrogens (primary N) is 1. The molecule has 7 heterocycles. The van der Waals surface area contributed by atoms with Crippen molar-refractivity contribution in [1.29, 1.82) is 0 Å². The molecule has 9 atom stereocenters. The number of imidazole rings is 1. The number of aromatic amines is 1. The third kappa shape index (κ3) is 5.47. The first-order chi connectivity index (χ1) is 20.5. The normalized spacial score (nSPS) is 37.1. The lowest BCUT2D eigenvalue weighted by atomic mass is 10.1. The molecule has 21 heteroatoms. The molecule has 3 aliphatic heterocycles. The van der Waals surface area contributed by atoms with Gasteiger partial charge in [0.15, 0.2) is 29.8 Å². The molecule has 3 aliphatic rings. The molecule has 3 saturated heterocycles. The van der Waals surface area contributed by atoms with Crippen molar-refractivity contribution in [1.82, 2.24) is 29.1 Å². The largest absolute Gasteiger partial charge is 0.398 e. The summed E-state index contributed by atoms with van der Waals surface area (Å²) in [5.41, 5.74) is 6.63. The zero-order valence-corrected chi connectivity index (χ0v) is 25.2. The molecule has 0 saturated carbocycles. The highest BCUT2D eigenvalue weighted by Gasteiger charge is 2.51. The van der Waals surface area contributed by atoms with Gasteiger partial charge in [0.05, 0.1) is 32.0 Å². The van der Waals surface area contributed by atoms with Crippen LogP contribution in [0.5, 0.6) is 0 Å². The fraction of sp³-hybridized carbons (Fsp3) is 0.455. The average molecular weight is 676 g/mol. The molecule has 230 valence electrons. The Morgan fingerprint density at radius 2 is 1.79 bits per heavy atom. The number of nitrogens with zero attached hydrogens (tertiary/aromatic N) is 5. The molecular formula is C22H24FN7O9P2S2. The fourth-order valence-corrected chi connectivity index (χ4v) is 8.30. The number of hydrogen-bond acceptors (Lipinski definition) is 13. The number of pyridine rings is 1. The molecule has 0 aliphatic carbocycles. The van der Waals surface area contributed by atoms with Crippen LogP contribution < -0.4 is 11.3 Å². The van der Waals surface area contributed by atoms with E-state index in [1.54, 1.807) is 18.3 Å². The summed E-state index contributed by atoms with van der Waals surface area (Å²) in [6.45, 7) is -8.84. The summed E-state index contributed by atoms with van der Waals surface area (Å²) in [6.07, 6.45) is -2.77. The molecule has 0 aromatic carbocycles. The van der Waals surface area contributed by atoms with Crippen LogP contribution in [-0.2, 0) is 51.2 Å². The molecule has 7 rings (SSSR count). The number of anilines is 1. The Hall–Kier alpha value is -2.25. The van der Waals surface area contributed by atoms with Crippen LogP contribution in [0.3, 0.4) is 0 Å². The van der Waals surface area contributed by atoms with Gasteiger partial charge in [0, 0.05) is 29.9 Å². The topological polar surface area (TPSA) is 203 Å². The quantitative estimate of drug-likeness (QED) is 0.223. The van der Waals surface area contributed by atoms with Crippen LogP contribution in [0.2, 0.25) is 0 Å². The van der Waals surface area contributed by atoms with Gasteiger partial charge >= 0.3 is 13.4 Å². The Balaban J connectivity index is 1.18. The van der Waals surface area contributed by atoms with E-state index in [-0.39, 0.29) is 24.2 Å². The van der Waals surface area contributed by atoms with Gasteiger partial charge in [-0.15, -0.1) is 0 Å². The number of ether oxygens (including phenoxy) is 2. The summed E-state index contributed by atoms with van der Waals surface area (Å²) < 4.78 is 53.7. The molecule has 43 heavy (non-hydrogen) atoms. The van der Waals surface area contributed by atoms with Crippen molar-refractivity contribution in [3.63, 3.8) is 0 Å². The lowest BCUT2D eigenvalue weighted by Gasteiger charge is -2.27. The second-order valence-corrected chi connectivity index (χ2v) is 15.6. The SMILES string of the molecule is Nc1ccnc2c1ccn2[C@@H]1O[C@@H]2COP(O)(=S)O[C@@H]3C[C@@H](COP(O)(=S)O[C@H]2[C@@H]1F)O[C@H]3n1cnc2c(=O)[nH]cnc21. The second kappa shape index (κ2) is 11.0. The highest BCUT2D eigenvalue weighted by molar-refractivity contribution is 8.07. The smallest absolute Gasteiger partial charge is 0.325 e. The van der Waals surface area contributed by atoms with Crippen molar-refractivity contribution in [2.45, 2.75) is 49.5 Å². The number of fused-ring (bicyclic) bond motifs is 5. The zero-order chi connectivity index (χ0) is 30.1. The molecular weight excluding hydrogens is 651 g/mol. The highest BCUT2D eigenvalue weighted by Crippen LogP contribution is 2.54. The Kier molecular flexibility index (Phi) is 7.52. The van der Waals surface area contributed by atoms with Crippen molar-refractivity contribution in [3.8, 4) is 0 Å². The van der Waals surface area contributed by atoms with Crippen molar-refractivity contribution >= 4 is 64.9 Å². The number of aromatic nitrogens is 6. The van der Waals surface area contributed by atoms with Crippen LogP contribution in [0, 0.1) is 0 Å². The molecule has 2 unspecified atom stereocenters. The summed E-state index contributed by atoms with van der Waals surface area (Å²) in [5.74, 6) is 0. The highest BCUT2D eigenvalue weighted by atomic mass is 32.5. The Morgan fingerprint density at radius 1 is 1.00 bits per heavy atom. The standard InChI is InChI=1S/C22H24FN7O9P2S2/c23-15-17-14(37-22(15)29-4-2-11-12(24)1-3-25-18(11)29)7-35-40(32,42)38-13-5-10(6-34-41(33,43)39-17)36-21(13)30-9-28-16-19(30)26-8-27-20(16)31/h1-4,8-10,13-15,17,21-22H,5-7H2,(H2,24,25)(H,32,42)(H,33,43)(H,26,27,31)/t10-,13+,14+,15-,17+,21+,22+,40?,41?/m0/s1. The molecule has 4 aromatic rings. The van der Waals surface area contributed by atoms with Crippen LogP contribution in [-0.4, -0.2) is 82.7 Å². The van der Waals surface area contributed by atoms with Gasteiger partial charge in [-0.1, -0.05) is 0 Å². The number of halogens is 1. The lowest BCUT2D eigenvalue weighted by Crippen LogP contribution is -2.34. The van der Waals surface area contributed by atoms with Crippen LogP contribution in [0.15, 0.2) is 42.0 Å². The summed E-state index contributed by atoms with van der Waals surface area (Å²) in [6, 6.07) is 3.28. The molecule has 3 fully saturated rings. The summed E-state index contributed by atoms with van der Waals surface area (Å²) in [4.78, 5) is 49.2. The van der Waals surface area contributed by atoms with E-state index in [4.69, 9.17) is 56.9 Å². The van der Waals surface area contributed by atoms with E-state index >= 15 is 4.39 Å². The third-order valence-electron chi connectivity index (χ3n) is 7.32. The average Bonchev–Trinajstić information content (AvgIpc) is 3.72. The van der Waals surface area contributed by atoms with E-state index in [9.17, 15) is 14.6 Å². The maximum absolute atomic E-state index is 16.0. The molecule has 16 nitrogen and oxygen atoms in total. The van der Waals surface area contributed by atoms with Crippen molar-refractivity contribution in [2.75, 3.05) is 18.9 Å². The maximum Gasteiger partial charge on any atom is 0.325 e. The van der Waals surface area contributed by atoms with Gasteiger partial charge in [-0.25, -0.2) is 19.3 Å². The van der Waals surface area contributed by atoms with E-state index in [1.165, 1.54) is 28.0 Å². The number of nitrogen functional groups attached to an aromatic ring is 1. The van der Waals surface area contributed by atoms with Gasteiger partial charge < -0.3 is 48.1 Å². The number of rotatable bonds is 2. The van der Waals surface area contributed by atoms with E-state index in [1.807, 2.05) is 0 Å². The number of hydrogen-bond donors (Lipinski definition) is 4. The van der Waals surface area contributed by atoms with Crippen LogP contribution in [0.25, 0.3) is 22.2 Å². The minimum atomic E-state index is -4.07. The first-order valence-electron chi connectivity index (χ1n) is 12.9. The van der Waals surface area contributed by atoms with Gasteiger partial charge in [0.25, 0.3) is 5.56 Å². The van der Waals surface area contributed by atoms with Crippen LogP contribution in [0.4, 0.5) is 10.1 Å². The minimum absolute atomic E-state index is 0.0611. The van der Waals surface area contributed by atoms with Crippen LogP contribution in [0.1, 0.15) is 18.9 Å². The van der Waals surface area contributed by atoms with Gasteiger partial charge in [-0.05, 0) is 35.7 Å². The van der Waals surface area contributed by atoms with Gasteiger partial charge in [-0.3, -0.25) is 13.9 Å². The number of alkyl halides is 1. The number of H-pyrrole nitrogens is 1.